The molecule has 0 saturated heterocycles. The molecule has 0 fully saturated rings. The summed E-state index contributed by atoms with van der Waals surface area (Å²) in [4.78, 5) is 22.0. The molecule has 0 radical (unpaired) electrons. The first kappa shape index (κ1) is 14.4. The Morgan fingerprint density at radius 2 is 2.11 bits per heavy atom. The van der Waals surface area contributed by atoms with Gasteiger partial charge < -0.3 is 9.84 Å². The Bertz CT molecular complexity index is 480. The molecular formula is C13H13BrO4. The SMILES string of the molecule is CCOC(=O)CC=Cc1cc(Br)cc(C(=O)O)c1. The smallest absolute Gasteiger partial charge is 0.335 e. The van der Waals surface area contributed by atoms with Gasteiger partial charge in [-0.25, -0.2) is 4.79 Å². The van der Waals surface area contributed by atoms with Crippen LogP contribution in [0.5, 0.6) is 0 Å². The van der Waals surface area contributed by atoms with E-state index in [1.165, 1.54) is 12.1 Å². The van der Waals surface area contributed by atoms with Crippen molar-refractivity contribution in [3.63, 3.8) is 0 Å². The number of carbonyl (C=O) groups is 2. The molecule has 96 valence electrons. The lowest BCUT2D eigenvalue weighted by Gasteiger charge is -2.00. The van der Waals surface area contributed by atoms with E-state index in [9.17, 15) is 9.59 Å². The van der Waals surface area contributed by atoms with Crippen LogP contribution in [0.1, 0.15) is 29.3 Å². The third-order valence-electron chi connectivity index (χ3n) is 2.07. The van der Waals surface area contributed by atoms with Gasteiger partial charge in [0.1, 0.15) is 0 Å². The van der Waals surface area contributed by atoms with E-state index < -0.39 is 5.97 Å². The number of carbonyl (C=O) groups excluding carboxylic acids is 1. The van der Waals surface area contributed by atoms with Crippen LogP contribution in [0.4, 0.5) is 0 Å². The number of carboxylic acids is 1. The molecule has 0 bridgehead atoms. The summed E-state index contributed by atoms with van der Waals surface area (Å²) in [5.41, 5.74) is 0.909. The maximum absolute atomic E-state index is 11.1. The zero-order chi connectivity index (χ0) is 13.5. The van der Waals surface area contributed by atoms with Crippen LogP contribution in [-0.2, 0) is 9.53 Å². The summed E-state index contributed by atoms with van der Waals surface area (Å²) in [7, 11) is 0. The van der Waals surface area contributed by atoms with E-state index in [1.54, 1.807) is 25.1 Å². The Kier molecular flexibility index (Phi) is 5.58. The third kappa shape index (κ3) is 4.71. The molecule has 0 aromatic heterocycles. The van der Waals surface area contributed by atoms with Crippen molar-refractivity contribution in [2.75, 3.05) is 6.61 Å². The molecule has 1 N–H and O–H groups in total. The van der Waals surface area contributed by atoms with E-state index in [-0.39, 0.29) is 18.0 Å². The summed E-state index contributed by atoms with van der Waals surface area (Å²) in [5, 5.41) is 8.90. The fourth-order valence-corrected chi connectivity index (χ4v) is 1.85. The molecule has 0 heterocycles. The van der Waals surface area contributed by atoms with Crippen LogP contribution in [0.25, 0.3) is 6.08 Å². The predicted molar refractivity (Wildman–Crippen MR) is 71.4 cm³/mol. The van der Waals surface area contributed by atoms with Crippen molar-refractivity contribution in [1.82, 2.24) is 0 Å². The molecule has 0 amide bonds. The van der Waals surface area contributed by atoms with Gasteiger partial charge >= 0.3 is 11.9 Å². The van der Waals surface area contributed by atoms with Crippen LogP contribution in [0.2, 0.25) is 0 Å². The van der Waals surface area contributed by atoms with Crippen LogP contribution < -0.4 is 0 Å². The molecule has 0 aliphatic rings. The average molecular weight is 313 g/mol. The third-order valence-corrected chi connectivity index (χ3v) is 2.53. The van der Waals surface area contributed by atoms with Gasteiger partial charge in [-0.05, 0) is 30.7 Å². The van der Waals surface area contributed by atoms with Gasteiger partial charge in [-0.15, -0.1) is 0 Å². The summed E-state index contributed by atoms with van der Waals surface area (Å²) in [6.45, 7) is 2.10. The standard InChI is InChI=1S/C13H13BrO4/c1-2-18-12(15)5-3-4-9-6-10(13(16)17)8-11(14)7-9/h3-4,6-8H,2,5H2,1H3,(H,16,17). The van der Waals surface area contributed by atoms with Crippen molar-refractivity contribution < 1.29 is 19.4 Å². The number of hydrogen-bond donors (Lipinski definition) is 1. The van der Waals surface area contributed by atoms with Crippen molar-refractivity contribution in [3.8, 4) is 0 Å². The Morgan fingerprint density at radius 1 is 1.39 bits per heavy atom. The normalized spacial score (nSPS) is 10.6. The number of rotatable bonds is 5. The first-order valence-electron chi connectivity index (χ1n) is 5.39. The fourth-order valence-electron chi connectivity index (χ4n) is 1.34. The van der Waals surface area contributed by atoms with Crippen molar-refractivity contribution in [1.29, 1.82) is 0 Å². The van der Waals surface area contributed by atoms with E-state index in [0.717, 1.165) is 0 Å². The van der Waals surface area contributed by atoms with Crippen molar-refractivity contribution in [2.24, 2.45) is 0 Å². The number of benzene rings is 1. The number of aromatic carboxylic acids is 1. The van der Waals surface area contributed by atoms with Gasteiger partial charge in [0.25, 0.3) is 0 Å². The summed E-state index contributed by atoms with van der Waals surface area (Å²) >= 11 is 3.24. The van der Waals surface area contributed by atoms with Gasteiger partial charge in [-0.3, -0.25) is 4.79 Å². The lowest BCUT2D eigenvalue weighted by Crippen LogP contribution is -2.01. The van der Waals surface area contributed by atoms with Gasteiger partial charge in [0.15, 0.2) is 0 Å². The molecule has 0 unspecified atom stereocenters. The van der Waals surface area contributed by atoms with E-state index in [2.05, 4.69) is 15.9 Å². The number of esters is 1. The van der Waals surface area contributed by atoms with Gasteiger partial charge in [0.2, 0.25) is 0 Å². The molecule has 0 aliphatic heterocycles. The number of halogens is 1. The molecule has 5 heteroatoms. The van der Waals surface area contributed by atoms with Crippen LogP contribution in [0.3, 0.4) is 0 Å². The van der Waals surface area contributed by atoms with Gasteiger partial charge in [-0.2, -0.15) is 0 Å². The van der Waals surface area contributed by atoms with Crippen LogP contribution in [-0.4, -0.2) is 23.7 Å². The highest BCUT2D eigenvalue weighted by Crippen LogP contribution is 2.17. The highest BCUT2D eigenvalue weighted by atomic mass is 79.9. The Balaban J connectivity index is 2.75. The van der Waals surface area contributed by atoms with Crippen molar-refractivity contribution in [2.45, 2.75) is 13.3 Å². The quantitative estimate of drug-likeness (QED) is 0.848. The zero-order valence-corrected chi connectivity index (χ0v) is 11.4. The topological polar surface area (TPSA) is 63.6 Å². The Labute approximate surface area is 113 Å². The highest BCUT2D eigenvalue weighted by molar-refractivity contribution is 9.10. The molecule has 0 atom stereocenters. The second-order valence-corrected chi connectivity index (χ2v) is 4.41. The minimum Gasteiger partial charge on any atom is -0.478 e. The maximum Gasteiger partial charge on any atom is 0.335 e. The maximum atomic E-state index is 11.1. The summed E-state index contributed by atoms with van der Waals surface area (Å²) in [6, 6.07) is 4.83. The lowest BCUT2D eigenvalue weighted by atomic mass is 10.1. The first-order chi connectivity index (χ1) is 8.52. The number of carboxylic acid groups (broad SMARTS) is 1. The van der Waals surface area contributed by atoms with Gasteiger partial charge in [-0.1, -0.05) is 28.1 Å². The van der Waals surface area contributed by atoms with E-state index in [4.69, 9.17) is 9.84 Å². The lowest BCUT2D eigenvalue weighted by molar-refractivity contribution is -0.142. The summed E-state index contributed by atoms with van der Waals surface area (Å²) < 4.78 is 5.45. The minimum atomic E-state index is -0.989. The van der Waals surface area contributed by atoms with Crippen LogP contribution >= 0.6 is 15.9 Å². The van der Waals surface area contributed by atoms with Crippen LogP contribution in [0.15, 0.2) is 28.7 Å². The Morgan fingerprint density at radius 3 is 2.72 bits per heavy atom. The Hall–Kier alpha value is -1.62. The average Bonchev–Trinajstić information content (AvgIpc) is 2.28. The molecule has 0 aliphatic carbocycles. The minimum absolute atomic E-state index is 0.169. The zero-order valence-electron chi connectivity index (χ0n) is 9.85. The molecule has 0 saturated carbocycles. The largest absolute Gasteiger partial charge is 0.478 e. The molecule has 1 aromatic rings. The van der Waals surface area contributed by atoms with Gasteiger partial charge in [0, 0.05) is 4.47 Å². The molecule has 0 spiro atoms. The molecule has 18 heavy (non-hydrogen) atoms. The molecular weight excluding hydrogens is 300 g/mol. The van der Waals surface area contributed by atoms with Crippen LogP contribution in [0, 0.1) is 0 Å². The molecule has 1 rings (SSSR count). The van der Waals surface area contributed by atoms with E-state index in [0.29, 0.717) is 16.6 Å². The summed E-state index contributed by atoms with van der Waals surface area (Å²) in [6.07, 6.45) is 3.50. The first-order valence-corrected chi connectivity index (χ1v) is 6.18. The van der Waals surface area contributed by atoms with E-state index >= 15 is 0 Å². The molecule has 1 aromatic carbocycles. The summed E-state index contributed by atoms with van der Waals surface area (Å²) in [5.74, 6) is -1.29. The highest BCUT2D eigenvalue weighted by Gasteiger charge is 2.04. The van der Waals surface area contributed by atoms with E-state index in [1.807, 2.05) is 0 Å². The fraction of sp³-hybridized carbons (Fsp3) is 0.231. The van der Waals surface area contributed by atoms with Crippen molar-refractivity contribution >= 4 is 33.9 Å². The second-order valence-electron chi connectivity index (χ2n) is 3.49. The number of ether oxygens (including phenoxy) is 1. The molecule has 4 nitrogen and oxygen atoms in total. The second kappa shape index (κ2) is 6.96. The number of hydrogen-bond acceptors (Lipinski definition) is 3. The monoisotopic (exact) mass is 312 g/mol. The van der Waals surface area contributed by atoms with Gasteiger partial charge in [0.05, 0.1) is 18.6 Å². The predicted octanol–water partition coefficient (Wildman–Crippen LogP) is 3.11. The van der Waals surface area contributed by atoms with Crippen molar-refractivity contribution in [3.05, 3.63) is 39.9 Å².